The van der Waals surface area contributed by atoms with E-state index in [0.29, 0.717) is 12.8 Å². The van der Waals surface area contributed by atoms with E-state index in [1.807, 2.05) is 6.07 Å². The molecule has 2 aromatic carbocycles. The second kappa shape index (κ2) is 6.46. The number of fused-ring (bicyclic) bond motifs is 1. The molecule has 4 rings (SSSR count). The summed E-state index contributed by atoms with van der Waals surface area (Å²) in [6, 6.07) is 15.7. The van der Waals surface area contributed by atoms with E-state index in [0.717, 1.165) is 24.6 Å². The van der Waals surface area contributed by atoms with Crippen molar-refractivity contribution in [2.45, 2.75) is 19.0 Å². The monoisotopic (exact) mass is 324 g/mol. The third kappa shape index (κ3) is 3.12. The third-order valence-electron chi connectivity index (χ3n) is 5.04. The molecule has 0 bridgehead atoms. The van der Waals surface area contributed by atoms with Crippen LogP contribution in [0, 0.1) is 0 Å². The van der Waals surface area contributed by atoms with Crippen molar-refractivity contribution in [2.75, 3.05) is 34.0 Å². The van der Waals surface area contributed by atoms with Gasteiger partial charge < -0.3 is 14.4 Å². The summed E-state index contributed by atoms with van der Waals surface area (Å²) >= 11 is 0. The third-order valence-corrected chi connectivity index (χ3v) is 5.04. The van der Waals surface area contributed by atoms with Gasteiger partial charge in [0.2, 0.25) is 6.79 Å². The molecule has 2 aromatic rings. The van der Waals surface area contributed by atoms with Crippen LogP contribution in [-0.4, -0.2) is 49.8 Å². The fraction of sp³-hybridized carbons (Fsp3) is 0.400. The van der Waals surface area contributed by atoms with E-state index in [2.05, 4.69) is 60.3 Å². The van der Waals surface area contributed by atoms with Crippen LogP contribution in [0.5, 0.6) is 11.5 Å². The van der Waals surface area contributed by atoms with Gasteiger partial charge in [0.05, 0.1) is 0 Å². The van der Waals surface area contributed by atoms with Gasteiger partial charge in [0.15, 0.2) is 11.5 Å². The van der Waals surface area contributed by atoms with Gasteiger partial charge in [-0.25, -0.2) is 0 Å². The predicted molar refractivity (Wildman–Crippen MR) is 95.4 cm³/mol. The van der Waals surface area contributed by atoms with Crippen LogP contribution >= 0.6 is 0 Å². The molecule has 24 heavy (non-hydrogen) atoms. The summed E-state index contributed by atoms with van der Waals surface area (Å²) in [4.78, 5) is 4.88. The second-order valence-corrected chi connectivity index (χ2v) is 6.91. The molecule has 2 aliphatic heterocycles. The standard InChI is InChI=1S/C20H24N2O2/c1-21(2)18-9-10-22(13-18)12-15-3-5-16(6-4-15)17-7-8-19-20(11-17)24-14-23-19/h3-8,11,18H,9-10,12-14H2,1-2H3. The molecular formula is C20H24N2O2. The van der Waals surface area contributed by atoms with Crippen LogP contribution in [0.3, 0.4) is 0 Å². The van der Waals surface area contributed by atoms with Crippen LogP contribution in [0.1, 0.15) is 12.0 Å². The summed E-state index contributed by atoms with van der Waals surface area (Å²) in [6.07, 6.45) is 1.27. The number of likely N-dealkylation sites (N-methyl/N-ethyl adjacent to an activating group) is 1. The van der Waals surface area contributed by atoms with Crippen molar-refractivity contribution in [3.8, 4) is 22.6 Å². The minimum atomic E-state index is 0.321. The molecule has 2 aliphatic rings. The summed E-state index contributed by atoms with van der Waals surface area (Å²) in [5, 5.41) is 0. The average molecular weight is 324 g/mol. The Labute approximate surface area is 143 Å². The zero-order chi connectivity index (χ0) is 16.5. The molecule has 4 nitrogen and oxygen atoms in total. The van der Waals surface area contributed by atoms with Crippen LogP contribution < -0.4 is 9.47 Å². The quantitative estimate of drug-likeness (QED) is 0.862. The SMILES string of the molecule is CN(C)C1CCN(Cc2ccc(-c3ccc4c(c3)OCO4)cc2)C1. The highest BCUT2D eigenvalue weighted by atomic mass is 16.7. The zero-order valence-electron chi connectivity index (χ0n) is 14.4. The Bertz CT molecular complexity index is 712. The van der Waals surface area contributed by atoms with Gasteiger partial charge in [0.25, 0.3) is 0 Å². The van der Waals surface area contributed by atoms with Gasteiger partial charge in [0, 0.05) is 25.7 Å². The van der Waals surface area contributed by atoms with E-state index in [9.17, 15) is 0 Å². The lowest BCUT2D eigenvalue weighted by atomic mass is 10.0. The first-order valence-corrected chi connectivity index (χ1v) is 8.57. The maximum absolute atomic E-state index is 5.47. The van der Waals surface area contributed by atoms with E-state index in [4.69, 9.17) is 9.47 Å². The van der Waals surface area contributed by atoms with Crippen LogP contribution in [0.2, 0.25) is 0 Å². The van der Waals surface area contributed by atoms with Gasteiger partial charge in [-0.1, -0.05) is 30.3 Å². The molecule has 1 saturated heterocycles. The molecule has 0 aromatic heterocycles. The molecule has 0 spiro atoms. The number of hydrogen-bond acceptors (Lipinski definition) is 4. The molecule has 0 N–H and O–H groups in total. The fourth-order valence-electron chi connectivity index (χ4n) is 3.51. The maximum Gasteiger partial charge on any atom is 0.231 e. The molecule has 0 aliphatic carbocycles. The van der Waals surface area contributed by atoms with Crippen molar-refractivity contribution in [3.63, 3.8) is 0 Å². The van der Waals surface area contributed by atoms with Gasteiger partial charge in [-0.05, 0) is 49.3 Å². The van der Waals surface area contributed by atoms with Crippen LogP contribution in [0.4, 0.5) is 0 Å². The van der Waals surface area contributed by atoms with Crippen molar-refractivity contribution < 1.29 is 9.47 Å². The summed E-state index contributed by atoms with van der Waals surface area (Å²) in [5.74, 6) is 1.67. The lowest BCUT2D eigenvalue weighted by Gasteiger charge is -2.20. The topological polar surface area (TPSA) is 24.9 Å². The van der Waals surface area contributed by atoms with Gasteiger partial charge in [-0.3, -0.25) is 4.90 Å². The minimum Gasteiger partial charge on any atom is -0.454 e. The van der Waals surface area contributed by atoms with Crippen molar-refractivity contribution in [2.24, 2.45) is 0 Å². The second-order valence-electron chi connectivity index (χ2n) is 6.91. The van der Waals surface area contributed by atoms with Crippen molar-refractivity contribution in [1.82, 2.24) is 9.80 Å². The Balaban J connectivity index is 1.43. The first-order chi connectivity index (χ1) is 11.7. The highest BCUT2D eigenvalue weighted by molar-refractivity contribution is 5.67. The van der Waals surface area contributed by atoms with Crippen molar-refractivity contribution >= 4 is 0 Å². The minimum absolute atomic E-state index is 0.321. The van der Waals surface area contributed by atoms with Gasteiger partial charge >= 0.3 is 0 Å². The highest BCUT2D eigenvalue weighted by Gasteiger charge is 2.23. The fourth-order valence-corrected chi connectivity index (χ4v) is 3.51. The van der Waals surface area contributed by atoms with Crippen LogP contribution in [0.25, 0.3) is 11.1 Å². The Hall–Kier alpha value is -2.04. The Kier molecular flexibility index (Phi) is 4.17. The molecule has 1 atom stereocenters. The molecule has 2 heterocycles. The molecule has 4 heteroatoms. The predicted octanol–water partition coefficient (Wildman–Crippen LogP) is 3.22. The number of likely N-dealkylation sites (tertiary alicyclic amines) is 1. The number of hydrogen-bond donors (Lipinski definition) is 0. The average Bonchev–Trinajstić information content (AvgIpc) is 3.24. The number of ether oxygens (including phenoxy) is 2. The van der Waals surface area contributed by atoms with Crippen LogP contribution in [0.15, 0.2) is 42.5 Å². The maximum atomic E-state index is 5.47. The Morgan fingerprint density at radius 2 is 1.75 bits per heavy atom. The number of nitrogens with zero attached hydrogens (tertiary/aromatic N) is 2. The van der Waals surface area contributed by atoms with E-state index in [-0.39, 0.29) is 0 Å². The summed E-state index contributed by atoms with van der Waals surface area (Å²) in [6.45, 7) is 3.71. The first-order valence-electron chi connectivity index (χ1n) is 8.57. The smallest absolute Gasteiger partial charge is 0.231 e. The summed E-state index contributed by atoms with van der Waals surface area (Å²) in [7, 11) is 4.35. The number of rotatable bonds is 4. The Morgan fingerprint density at radius 1 is 1.00 bits per heavy atom. The van der Waals surface area contributed by atoms with E-state index in [1.165, 1.54) is 29.7 Å². The molecule has 1 fully saturated rings. The first kappa shape index (κ1) is 15.5. The molecule has 126 valence electrons. The van der Waals surface area contributed by atoms with Crippen molar-refractivity contribution in [1.29, 1.82) is 0 Å². The van der Waals surface area contributed by atoms with Crippen molar-refractivity contribution in [3.05, 3.63) is 48.0 Å². The van der Waals surface area contributed by atoms with Gasteiger partial charge in [-0.2, -0.15) is 0 Å². The van der Waals surface area contributed by atoms with E-state index < -0.39 is 0 Å². The molecule has 0 saturated carbocycles. The van der Waals surface area contributed by atoms with Gasteiger partial charge in [0.1, 0.15) is 0 Å². The normalized spacial score (nSPS) is 20.0. The lowest BCUT2D eigenvalue weighted by Crippen LogP contribution is -2.31. The molecule has 1 unspecified atom stereocenters. The largest absolute Gasteiger partial charge is 0.454 e. The van der Waals surface area contributed by atoms with E-state index >= 15 is 0 Å². The molecule has 0 amide bonds. The van der Waals surface area contributed by atoms with E-state index in [1.54, 1.807) is 0 Å². The Morgan fingerprint density at radius 3 is 2.50 bits per heavy atom. The molecule has 0 radical (unpaired) electrons. The molecular weight excluding hydrogens is 300 g/mol. The van der Waals surface area contributed by atoms with Gasteiger partial charge in [-0.15, -0.1) is 0 Å². The summed E-state index contributed by atoms with van der Waals surface area (Å²) < 4.78 is 10.8. The highest BCUT2D eigenvalue weighted by Crippen LogP contribution is 2.35. The summed E-state index contributed by atoms with van der Waals surface area (Å²) in [5.41, 5.74) is 3.75. The lowest BCUT2D eigenvalue weighted by molar-refractivity contribution is 0.174. The van der Waals surface area contributed by atoms with Crippen LogP contribution in [-0.2, 0) is 6.54 Å². The zero-order valence-corrected chi connectivity index (χ0v) is 14.4. The number of benzene rings is 2.